The molecule has 4 heteroatoms. The van der Waals surface area contributed by atoms with E-state index < -0.39 is 0 Å². The molecule has 2 aliphatic heterocycles. The highest BCUT2D eigenvalue weighted by Gasteiger charge is 2.36. The number of piperazine rings is 1. The molecule has 26 heavy (non-hydrogen) atoms. The van der Waals surface area contributed by atoms with Crippen LogP contribution in [0.5, 0.6) is 11.5 Å². The summed E-state index contributed by atoms with van der Waals surface area (Å²) in [5.74, 6) is 3.03. The minimum absolute atomic E-state index is 0.472. The van der Waals surface area contributed by atoms with E-state index in [1.54, 1.807) is 7.11 Å². The second-order valence-corrected chi connectivity index (χ2v) is 8.89. The largest absolute Gasteiger partial charge is 0.493 e. The summed E-state index contributed by atoms with van der Waals surface area (Å²) in [6.45, 7) is 13.2. The van der Waals surface area contributed by atoms with Crippen LogP contribution in [0, 0.1) is 11.8 Å². The third kappa shape index (κ3) is 4.17. The van der Waals surface area contributed by atoms with Crippen LogP contribution in [0.2, 0.25) is 0 Å². The van der Waals surface area contributed by atoms with Gasteiger partial charge in [0.25, 0.3) is 0 Å². The van der Waals surface area contributed by atoms with Crippen LogP contribution in [0.15, 0.2) is 12.1 Å². The Morgan fingerprint density at radius 2 is 1.85 bits per heavy atom. The second-order valence-electron chi connectivity index (χ2n) is 8.89. The first kappa shape index (κ1) is 19.5. The Labute approximate surface area is 159 Å². The average Bonchev–Trinajstić information content (AvgIpc) is 2.59. The molecule has 2 unspecified atom stereocenters. The highest BCUT2D eigenvalue weighted by Crippen LogP contribution is 2.40. The average molecular weight is 361 g/mol. The number of fused-ring (bicyclic) bond motifs is 3. The lowest BCUT2D eigenvalue weighted by atomic mass is 9.88. The van der Waals surface area contributed by atoms with E-state index in [2.05, 4.69) is 56.7 Å². The summed E-state index contributed by atoms with van der Waals surface area (Å²) in [6, 6.07) is 5.61. The van der Waals surface area contributed by atoms with Crippen LogP contribution >= 0.6 is 0 Å². The predicted octanol–water partition coefficient (Wildman–Crippen LogP) is 3.99. The molecule has 2 atom stereocenters. The number of nitrogens with zero attached hydrogens (tertiary/aromatic N) is 2. The van der Waals surface area contributed by atoms with Crippen LogP contribution in [0.1, 0.15) is 51.3 Å². The van der Waals surface area contributed by atoms with Gasteiger partial charge < -0.3 is 14.4 Å². The molecule has 1 fully saturated rings. The van der Waals surface area contributed by atoms with E-state index in [-0.39, 0.29) is 0 Å². The number of rotatable bonds is 6. The van der Waals surface area contributed by atoms with Gasteiger partial charge in [-0.1, -0.05) is 27.7 Å². The van der Waals surface area contributed by atoms with Gasteiger partial charge in [-0.15, -0.1) is 0 Å². The van der Waals surface area contributed by atoms with Gasteiger partial charge in [-0.2, -0.15) is 0 Å². The first-order valence-corrected chi connectivity index (χ1v) is 10.2. The number of hydrogen-bond donors (Lipinski definition) is 0. The Hall–Kier alpha value is -1.26. The smallest absolute Gasteiger partial charge is 0.161 e. The second kappa shape index (κ2) is 8.18. The van der Waals surface area contributed by atoms with E-state index in [1.807, 2.05) is 0 Å². The van der Waals surface area contributed by atoms with E-state index in [4.69, 9.17) is 9.47 Å². The summed E-state index contributed by atoms with van der Waals surface area (Å²) in [7, 11) is 4.03. The van der Waals surface area contributed by atoms with E-state index in [9.17, 15) is 0 Å². The Bertz CT molecular complexity index is 614. The molecular weight excluding hydrogens is 324 g/mol. The minimum atomic E-state index is 0.472. The van der Waals surface area contributed by atoms with Gasteiger partial charge in [0.05, 0.1) is 13.7 Å². The lowest BCUT2D eigenvalue weighted by Crippen LogP contribution is -2.55. The molecule has 0 spiro atoms. The van der Waals surface area contributed by atoms with E-state index in [0.29, 0.717) is 18.0 Å². The molecule has 0 aromatic heterocycles. The van der Waals surface area contributed by atoms with Gasteiger partial charge in [-0.3, -0.25) is 4.90 Å². The SMILES string of the molecule is COc1cc2c(cc1OCC(C)C)CCN1CC(CC(C)C)N(C)CC21. The number of ether oxygens (including phenoxy) is 2. The molecular formula is C22H36N2O2. The number of methoxy groups -OCH3 is 1. The Morgan fingerprint density at radius 3 is 2.50 bits per heavy atom. The van der Waals surface area contributed by atoms with E-state index in [0.717, 1.165) is 43.5 Å². The molecule has 4 nitrogen and oxygen atoms in total. The summed E-state index contributed by atoms with van der Waals surface area (Å²) in [5.41, 5.74) is 2.86. The van der Waals surface area contributed by atoms with Crippen molar-refractivity contribution in [2.45, 2.75) is 52.6 Å². The summed E-state index contributed by atoms with van der Waals surface area (Å²) in [6.07, 6.45) is 2.38. The Kier molecular flexibility index (Phi) is 6.13. The fourth-order valence-electron chi connectivity index (χ4n) is 4.35. The van der Waals surface area contributed by atoms with Crippen molar-refractivity contribution in [3.8, 4) is 11.5 Å². The first-order valence-electron chi connectivity index (χ1n) is 10.2. The molecule has 0 radical (unpaired) electrons. The third-order valence-electron chi connectivity index (χ3n) is 5.74. The van der Waals surface area contributed by atoms with Crippen molar-refractivity contribution in [2.75, 3.05) is 40.4 Å². The zero-order chi connectivity index (χ0) is 18.8. The van der Waals surface area contributed by atoms with Crippen molar-refractivity contribution in [1.82, 2.24) is 9.80 Å². The standard InChI is InChI=1S/C22H36N2O2/c1-15(2)9-18-12-24-8-7-17-10-22(26-14-16(3)4)21(25-6)11-19(17)20(24)13-23(18)5/h10-11,15-16,18,20H,7-9,12-14H2,1-6H3. The molecule has 0 N–H and O–H groups in total. The van der Waals surface area contributed by atoms with Gasteiger partial charge in [-0.25, -0.2) is 0 Å². The maximum atomic E-state index is 6.02. The molecule has 1 saturated heterocycles. The van der Waals surface area contributed by atoms with Crippen molar-refractivity contribution < 1.29 is 9.47 Å². The molecule has 0 saturated carbocycles. The van der Waals surface area contributed by atoms with Crippen LogP contribution in [0.3, 0.4) is 0 Å². The van der Waals surface area contributed by atoms with Crippen molar-refractivity contribution in [1.29, 1.82) is 0 Å². The Balaban J connectivity index is 1.82. The maximum Gasteiger partial charge on any atom is 0.161 e. The lowest BCUT2D eigenvalue weighted by molar-refractivity contribution is 0.0294. The van der Waals surface area contributed by atoms with Gasteiger partial charge in [0.2, 0.25) is 0 Å². The zero-order valence-corrected chi connectivity index (χ0v) is 17.4. The van der Waals surface area contributed by atoms with Gasteiger partial charge >= 0.3 is 0 Å². The fraction of sp³-hybridized carbons (Fsp3) is 0.727. The lowest BCUT2D eigenvalue weighted by Gasteiger charge is -2.48. The van der Waals surface area contributed by atoms with E-state index in [1.165, 1.54) is 24.1 Å². The topological polar surface area (TPSA) is 24.9 Å². The van der Waals surface area contributed by atoms with Crippen LogP contribution < -0.4 is 9.47 Å². The Morgan fingerprint density at radius 1 is 1.08 bits per heavy atom. The summed E-state index contributed by atoms with van der Waals surface area (Å²) >= 11 is 0. The molecule has 0 bridgehead atoms. The maximum absolute atomic E-state index is 6.02. The quantitative estimate of drug-likeness (QED) is 0.766. The van der Waals surface area contributed by atoms with Crippen LogP contribution in [0.4, 0.5) is 0 Å². The summed E-state index contributed by atoms with van der Waals surface area (Å²) < 4.78 is 11.7. The molecule has 2 aliphatic rings. The summed E-state index contributed by atoms with van der Waals surface area (Å²) in [4.78, 5) is 5.25. The van der Waals surface area contributed by atoms with Crippen molar-refractivity contribution in [3.05, 3.63) is 23.3 Å². The molecule has 146 valence electrons. The zero-order valence-electron chi connectivity index (χ0n) is 17.4. The van der Waals surface area contributed by atoms with Gasteiger partial charge in [0.15, 0.2) is 11.5 Å². The van der Waals surface area contributed by atoms with Crippen LogP contribution in [-0.2, 0) is 6.42 Å². The number of hydrogen-bond acceptors (Lipinski definition) is 4. The molecule has 0 aliphatic carbocycles. The fourth-order valence-corrected chi connectivity index (χ4v) is 4.35. The van der Waals surface area contributed by atoms with Crippen LogP contribution in [0.25, 0.3) is 0 Å². The highest BCUT2D eigenvalue weighted by molar-refractivity contribution is 5.49. The summed E-state index contributed by atoms with van der Waals surface area (Å²) in [5, 5.41) is 0. The molecule has 1 aromatic carbocycles. The molecule has 1 aromatic rings. The third-order valence-corrected chi connectivity index (χ3v) is 5.74. The van der Waals surface area contributed by atoms with Crippen molar-refractivity contribution in [2.24, 2.45) is 11.8 Å². The van der Waals surface area contributed by atoms with Crippen molar-refractivity contribution >= 4 is 0 Å². The normalized spacial score (nSPS) is 23.8. The molecule has 2 heterocycles. The monoisotopic (exact) mass is 360 g/mol. The predicted molar refractivity (Wildman–Crippen MR) is 107 cm³/mol. The van der Waals surface area contributed by atoms with Gasteiger partial charge in [0.1, 0.15) is 0 Å². The molecule has 0 amide bonds. The number of likely N-dealkylation sites (N-methyl/N-ethyl adjacent to an activating group) is 1. The van der Waals surface area contributed by atoms with Crippen molar-refractivity contribution in [3.63, 3.8) is 0 Å². The van der Waals surface area contributed by atoms with Gasteiger partial charge in [0, 0.05) is 31.7 Å². The minimum Gasteiger partial charge on any atom is -0.493 e. The molecule has 3 rings (SSSR count). The van der Waals surface area contributed by atoms with Crippen LogP contribution in [-0.4, -0.2) is 56.2 Å². The highest BCUT2D eigenvalue weighted by atomic mass is 16.5. The van der Waals surface area contributed by atoms with E-state index >= 15 is 0 Å². The van der Waals surface area contributed by atoms with Gasteiger partial charge in [-0.05, 0) is 55.0 Å². The first-order chi connectivity index (χ1) is 12.4. The number of benzene rings is 1.